The smallest absolute Gasteiger partial charge is 0.307 e. The number of carbonyl (C=O) groups is 2. The Balaban J connectivity index is 1.68. The lowest BCUT2D eigenvalue weighted by Crippen LogP contribution is -2.39. The summed E-state index contributed by atoms with van der Waals surface area (Å²) in [4.78, 5) is 24.7. The summed E-state index contributed by atoms with van der Waals surface area (Å²) in [5, 5.41) is 14.1. The highest BCUT2D eigenvalue weighted by molar-refractivity contribution is 7.09. The fraction of sp³-hybridized carbons (Fsp3) is 0.429. The second kappa shape index (κ2) is 4.81. The normalized spacial score (nSPS) is 31.6. The zero-order valence-electron chi connectivity index (χ0n) is 10.3. The summed E-state index contributed by atoms with van der Waals surface area (Å²) in [6, 6.07) is 3.90. The second-order valence-electron chi connectivity index (χ2n) is 5.14. The van der Waals surface area contributed by atoms with Crippen molar-refractivity contribution >= 4 is 23.2 Å². The number of aliphatic carboxylic acids is 1. The Morgan fingerprint density at radius 1 is 1.32 bits per heavy atom. The van der Waals surface area contributed by atoms with Gasteiger partial charge in [-0.1, -0.05) is 18.2 Å². The minimum absolute atomic E-state index is 0.0278. The first kappa shape index (κ1) is 12.4. The van der Waals surface area contributed by atoms with E-state index in [1.54, 1.807) is 11.3 Å². The molecule has 2 bridgehead atoms. The number of allylic oxidation sites excluding steroid dienone is 2. The highest BCUT2D eigenvalue weighted by Gasteiger charge is 2.51. The summed E-state index contributed by atoms with van der Waals surface area (Å²) < 4.78 is 0. The quantitative estimate of drug-likeness (QED) is 0.826. The number of carboxylic acid groups (broad SMARTS) is 1. The van der Waals surface area contributed by atoms with E-state index in [9.17, 15) is 14.7 Å². The molecule has 0 radical (unpaired) electrons. The molecule has 3 rings (SSSR count). The average molecular weight is 277 g/mol. The van der Waals surface area contributed by atoms with Crippen molar-refractivity contribution in [2.75, 3.05) is 0 Å². The maximum atomic E-state index is 12.2. The zero-order valence-corrected chi connectivity index (χ0v) is 11.1. The molecule has 0 aromatic carbocycles. The van der Waals surface area contributed by atoms with Gasteiger partial charge in [-0.2, -0.15) is 0 Å². The van der Waals surface area contributed by atoms with Crippen molar-refractivity contribution in [2.24, 2.45) is 23.7 Å². The first-order valence-corrected chi connectivity index (χ1v) is 7.26. The number of carbonyl (C=O) groups excluding carboxylic acids is 1. The molecule has 1 fully saturated rings. The van der Waals surface area contributed by atoms with Gasteiger partial charge in [0, 0.05) is 4.88 Å². The third kappa shape index (κ3) is 2.18. The number of fused-ring (bicyclic) bond motifs is 2. The van der Waals surface area contributed by atoms with E-state index in [0.29, 0.717) is 6.54 Å². The summed E-state index contributed by atoms with van der Waals surface area (Å²) in [6.45, 7) is 0.487. The van der Waals surface area contributed by atoms with E-state index in [1.165, 1.54) is 0 Å². The Bertz CT molecular complexity index is 523. The van der Waals surface area contributed by atoms with E-state index in [1.807, 2.05) is 29.7 Å². The van der Waals surface area contributed by atoms with Gasteiger partial charge in [-0.25, -0.2) is 0 Å². The molecule has 1 heterocycles. The maximum Gasteiger partial charge on any atom is 0.307 e. The van der Waals surface area contributed by atoms with Crippen LogP contribution >= 0.6 is 11.3 Å². The van der Waals surface area contributed by atoms with E-state index < -0.39 is 17.8 Å². The summed E-state index contributed by atoms with van der Waals surface area (Å²) >= 11 is 1.58. The fourth-order valence-corrected chi connectivity index (χ4v) is 3.87. The van der Waals surface area contributed by atoms with Gasteiger partial charge in [-0.3, -0.25) is 9.59 Å². The molecule has 0 saturated heterocycles. The predicted molar refractivity (Wildman–Crippen MR) is 71.5 cm³/mol. The number of carboxylic acids is 1. The highest BCUT2D eigenvalue weighted by atomic mass is 32.1. The van der Waals surface area contributed by atoms with Gasteiger partial charge < -0.3 is 10.4 Å². The molecular formula is C14H15NO3S. The van der Waals surface area contributed by atoms with Crippen LogP contribution in [0.15, 0.2) is 29.7 Å². The largest absolute Gasteiger partial charge is 0.481 e. The molecule has 4 nitrogen and oxygen atoms in total. The maximum absolute atomic E-state index is 12.2. The van der Waals surface area contributed by atoms with Crippen LogP contribution < -0.4 is 5.32 Å². The van der Waals surface area contributed by atoms with Crippen molar-refractivity contribution in [3.8, 4) is 0 Å². The Morgan fingerprint density at radius 2 is 2.05 bits per heavy atom. The Hall–Kier alpha value is -1.62. The van der Waals surface area contributed by atoms with Crippen LogP contribution in [0, 0.1) is 23.7 Å². The molecule has 0 aliphatic heterocycles. The molecule has 1 aromatic heterocycles. The molecule has 100 valence electrons. The van der Waals surface area contributed by atoms with Crippen LogP contribution in [0.25, 0.3) is 0 Å². The molecule has 1 aromatic rings. The van der Waals surface area contributed by atoms with Crippen molar-refractivity contribution in [2.45, 2.75) is 13.0 Å². The third-order valence-electron chi connectivity index (χ3n) is 4.06. The summed E-state index contributed by atoms with van der Waals surface area (Å²) in [7, 11) is 0. The van der Waals surface area contributed by atoms with Gasteiger partial charge in [0.05, 0.1) is 18.4 Å². The molecule has 1 saturated carbocycles. The van der Waals surface area contributed by atoms with E-state index >= 15 is 0 Å². The molecular weight excluding hydrogens is 262 g/mol. The van der Waals surface area contributed by atoms with E-state index in [-0.39, 0.29) is 17.7 Å². The molecule has 1 amide bonds. The molecule has 2 N–H and O–H groups in total. The van der Waals surface area contributed by atoms with Crippen LogP contribution in [0.5, 0.6) is 0 Å². The van der Waals surface area contributed by atoms with Gasteiger partial charge >= 0.3 is 5.97 Å². The average Bonchev–Trinajstić information content (AvgIpc) is 3.10. The number of rotatable bonds is 4. The Morgan fingerprint density at radius 3 is 2.68 bits per heavy atom. The SMILES string of the molecule is O=C(O)[C@@H]1[C@@H](C(=O)NCc2cccs2)[C@H]2C=C[C@H]1C2. The van der Waals surface area contributed by atoms with Crippen molar-refractivity contribution in [1.29, 1.82) is 0 Å². The van der Waals surface area contributed by atoms with Crippen molar-refractivity contribution < 1.29 is 14.7 Å². The zero-order chi connectivity index (χ0) is 13.4. The lowest BCUT2D eigenvalue weighted by molar-refractivity contribution is -0.147. The standard InChI is InChI=1S/C14H15NO3S/c16-13(15-7-10-2-1-5-19-10)11-8-3-4-9(6-8)12(11)14(17)18/h1-5,8-9,11-12H,6-7H2,(H,15,16)(H,17,18)/t8-,9-,11-,12-/m0/s1. The number of nitrogens with one attached hydrogen (secondary N) is 1. The van der Waals surface area contributed by atoms with Crippen LogP contribution in [0.4, 0.5) is 0 Å². The van der Waals surface area contributed by atoms with Gasteiger partial charge in [0.2, 0.25) is 5.91 Å². The highest BCUT2D eigenvalue weighted by Crippen LogP contribution is 2.48. The minimum Gasteiger partial charge on any atom is -0.481 e. The topological polar surface area (TPSA) is 66.4 Å². The van der Waals surface area contributed by atoms with Gasteiger partial charge in [0.25, 0.3) is 0 Å². The third-order valence-corrected chi connectivity index (χ3v) is 4.94. The van der Waals surface area contributed by atoms with Crippen LogP contribution in [0.3, 0.4) is 0 Å². The number of amides is 1. The monoisotopic (exact) mass is 277 g/mol. The van der Waals surface area contributed by atoms with Crippen LogP contribution in [0.1, 0.15) is 11.3 Å². The molecule has 2 aliphatic rings. The molecule has 0 spiro atoms. The lowest BCUT2D eigenvalue weighted by atomic mass is 9.82. The van der Waals surface area contributed by atoms with Gasteiger partial charge in [0.15, 0.2) is 0 Å². The summed E-state index contributed by atoms with van der Waals surface area (Å²) in [6.07, 6.45) is 4.75. The number of hydrogen-bond acceptors (Lipinski definition) is 3. The van der Waals surface area contributed by atoms with E-state index in [0.717, 1.165) is 11.3 Å². The van der Waals surface area contributed by atoms with Crippen LogP contribution in [0.2, 0.25) is 0 Å². The van der Waals surface area contributed by atoms with Gasteiger partial charge in [-0.05, 0) is 29.7 Å². The van der Waals surface area contributed by atoms with E-state index in [4.69, 9.17) is 0 Å². The van der Waals surface area contributed by atoms with Gasteiger partial charge in [-0.15, -0.1) is 11.3 Å². The lowest BCUT2D eigenvalue weighted by Gasteiger charge is -2.23. The van der Waals surface area contributed by atoms with E-state index in [2.05, 4.69) is 5.32 Å². The number of thiophene rings is 1. The minimum atomic E-state index is -0.854. The molecule has 19 heavy (non-hydrogen) atoms. The Kier molecular flexibility index (Phi) is 3.14. The fourth-order valence-electron chi connectivity index (χ4n) is 3.22. The molecule has 0 unspecified atom stereocenters. The summed E-state index contributed by atoms with van der Waals surface area (Å²) in [5.74, 6) is -1.83. The first-order chi connectivity index (χ1) is 9.16. The van der Waals surface area contributed by atoms with Crippen LogP contribution in [-0.2, 0) is 16.1 Å². The predicted octanol–water partition coefficient (Wildman–Crippen LogP) is 1.89. The number of hydrogen-bond donors (Lipinski definition) is 2. The van der Waals surface area contributed by atoms with Crippen molar-refractivity contribution in [1.82, 2.24) is 5.32 Å². The van der Waals surface area contributed by atoms with Crippen molar-refractivity contribution in [3.63, 3.8) is 0 Å². The summed E-state index contributed by atoms with van der Waals surface area (Å²) in [5.41, 5.74) is 0. The Labute approximate surface area is 115 Å². The van der Waals surface area contributed by atoms with Crippen molar-refractivity contribution in [3.05, 3.63) is 34.5 Å². The molecule has 4 atom stereocenters. The van der Waals surface area contributed by atoms with Gasteiger partial charge in [0.1, 0.15) is 0 Å². The second-order valence-corrected chi connectivity index (χ2v) is 6.17. The molecule has 5 heteroatoms. The molecule has 2 aliphatic carbocycles. The first-order valence-electron chi connectivity index (χ1n) is 6.38. The van der Waals surface area contributed by atoms with Crippen LogP contribution in [-0.4, -0.2) is 17.0 Å².